The summed E-state index contributed by atoms with van der Waals surface area (Å²) in [5.41, 5.74) is -0.857. The van der Waals surface area contributed by atoms with Crippen molar-refractivity contribution in [1.29, 1.82) is 5.26 Å². The summed E-state index contributed by atoms with van der Waals surface area (Å²) in [6.45, 7) is 0.724. The number of thiocarbonyl (C=S) groups is 1. The quantitative estimate of drug-likeness (QED) is 0.294. The smallest absolute Gasteiger partial charge is 0.271 e. The Morgan fingerprint density at radius 1 is 1.26 bits per heavy atom. The van der Waals surface area contributed by atoms with E-state index in [1.807, 2.05) is 17.5 Å². The van der Waals surface area contributed by atoms with Gasteiger partial charge in [0.05, 0.1) is 23.6 Å². The number of thiophene rings is 1. The average Bonchev–Trinajstić information content (AvgIpc) is 3.42. The van der Waals surface area contributed by atoms with Crippen molar-refractivity contribution in [2.24, 2.45) is 0 Å². The Morgan fingerprint density at radius 2 is 1.97 bits per heavy atom. The second-order valence-electron chi connectivity index (χ2n) is 7.53. The molecular weight excluding hydrogens is 509 g/mol. The van der Waals surface area contributed by atoms with E-state index in [1.165, 1.54) is 42.5 Å². The first-order valence-electron chi connectivity index (χ1n) is 10.1. The van der Waals surface area contributed by atoms with Crippen LogP contribution in [0.3, 0.4) is 0 Å². The minimum absolute atomic E-state index is 0.00919. The molecule has 3 heterocycles. The van der Waals surface area contributed by atoms with Gasteiger partial charge in [0.1, 0.15) is 21.8 Å². The summed E-state index contributed by atoms with van der Waals surface area (Å²) >= 11 is 7.81. The number of rotatable bonds is 6. The van der Waals surface area contributed by atoms with Crippen molar-refractivity contribution in [1.82, 2.24) is 9.47 Å². The van der Waals surface area contributed by atoms with E-state index in [0.29, 0.717) is 10.5 Å². The summed E-state index contributed by atoms with van der Waals surface area (Å²) in [6.07, 6.45) is 1.69. The number of Topliss-reactive ketones (excluding diaryl/α,β-unsaturated/α-hetero) is 1. The van der Waals surface area contributed by atoms with E-state index in [1.54, 1.807) is 12.1 Å². The molecule has 35 heavy (non-hydrogen) atoms. The van der Waals surface area contributed by atoms with Crippen LogP contribution in [-0.4, -0.2) is 37.1 Å². The van der Waals surface area contributed by atoms with Crippen LogP contribution in [0.4, 0.5) is 4.39 Å². The SMILES string of the molecule is Cc1c(C(=O)CN2C(=O)/C(=C/c3cccs3)SC2=S)c(O)n(Cc2ccc(F)cc2)c(=O)c1C#N. The zero-order chi connectivity index (χ0) is 25.3. The predicted octanol–water partition coefficient (Wildman–Crippen LogP) is 4.07. The molecule has 0 bridgehead atoms. The molecule has 3 aromatic rings. The van der Waals surface area contributed by atoms with Gasteiger partial charge in [0.2, 0.25) is 5.88 Å². The van der Waals surface area contributed by atoms with E-state index in [-0.39, 0.29) is 27.6 Å². The molecule has 0 atom stereocenters. The summed E-state index contributed by atoms with van der Waals surface area (Å²) in [4.78, 5) is 41.3. The van der Waals surface area contributed by atoms with Crippen molar-refractivity contribution in [3.63, 3.8) is 0 Å². The van der Waals surface area contributed by atoms with Crippen LogP contribution in [0, 0.1) is 24.1 Å². The number of nitrogens with zero attached hydrogens (tertiary/aromatic N) is 3. The van der Waals surface area contributed by atoms with E-state index in [4.69, 9.17) is 12.2 Å². The molecule has 1 aliphatic rings. The molecule has 1 saturated heterocycles. The highest BCUT2D eigenvalue weighted by Gasteiger charge is 2.35. The van der Waals surface area contributed by atoms with Crippen molar-refractivity contribution in [2.45, 2.75) is 13.5 Å². The van der Waals surface area contributed by atoms with Crippen molar-refractivity contribution in [3.8, 4) is 11.9 Å². The van der Waals surface area contributed by atoms with Crippen LogP contribution in [0.15, 0.2) is 51.5 Å². The van der Waals surface area contributed by atoms with Gasteiger partial charge in [-0.1, -0.05) is 42.2 Å². The first kappa shape index (κ1) is 24.5. The van der Waals surface area contributed by atoms with Gasteiger partial charge in [-0.2, -0.15) is 5.26 Å². The molecule has 1 N–H and O–H groups in total. The van der Waals surface area contributed by atoms with Gasteiger partial charge >= 0.3 is 0 Å². The van der Waals surface area contributed by atoms with Gasteiger partial charge in [-0.05, 0) is 47.7 Å². The van der Waals surface area contributed by atoms with Crippen LogP contribution in [0.5, 0.6) is 5.88 Å². The highest BCUT2D eigenvalue weighted by atomic mass is 32.2. The molecule has 1 fully saturated rings. The number of benzene rings is 1. The number of amides is 1. The minimum atomic E-state index is -0.784. The Hall–Kier alpha value is -3.59. The highest BCUT2D eigenvalue weighted by molar-refractivity contribution is 8.26. The lowest BCUT2D eigenvalue weighted by atomic mass is 10.0. The summed E-state index contributed by atoms with van der Waals surface area (Å²) in [7, 11) is 0. The fourth-order valence-electron chi connectivity index (χ4n) is 3.57. The van der Waals surface area contributed by atoms with Gasteiger partial charge in [-0.15, -0.1) is 11.3 Å². The highest BCUT2D eigenvalue weighted by Crippen LogP contribution is 2.34. The number of nitriles is 1. The maximum atomic E-state index is 13.3. The van der Waals surface area contributed by atoms with E-state index in [2.05, 4.69) is 0 Å². The Kier molecular flexibility index (Phi) is 6.98. The monoisotopic (exact) mass is 525 g/mol. The second kappa shape index (κ2) is 9.95. The molecular formula is C24H16FN3O4S3. The largest absolute Gasteiger partial charge is 0.494 e. The Labute approximate surface area is 212 Å². The van der Waals surface area contributed by atoms with Gasteiger partial charge < -0.3 is 5.11 Å². The fourth-order valence-corrected chi connectivity index (χ4v) is 5.54. The summed E-state index contributed by atoms with van der Waals surface area (Å²) in [5, 5.41) is 22.3. The number of hydrogen-bond acceptors (Lipinski definition) is 8. The van der Waals surface area contributed by atoms with Crippen LogP contribution < -0.4 is 5.56 Å². The molecule has 0 saturated carbocycles. The van der Waals surface area contributed by atoms with Crippen molar-refractivity contribution < 1.29 is 19.1 Å². The zero-order valence-corrected chi connectivity index (χ0v) is 20.6. The molecule has 0 aliphatic carbocycles. The summed E-state index contributed by atoms with van der Waals surface area (Å²) in [5.74, 6) is -2.24. The van der Waals surface area contributed by atoms with Crippen LogP contribution in [0.1, 0.15) is 31.9 Å². The Morgan fingerprint density at radius 3 is 2.60 bits per heavy atom. The molecule has 11 heteroatoms. The number of aromatic hydroxyl groups is 1. The molecule has 0 radical (unpaired) electrons. The first-order chi connectivity index (χ1) is 16.7. The molecule has 0 unspecified atom stereocenters. The number of pyridine rings is 1. The van der Waals surface area contributed by atoms with E-state index in [9.17, 15) is 29.1 Å². The maximum Gasteiger partial charge on any atom is 0.271 e. The Bertz CT molecular complexity index is 1490. The minimum Gasteiger partial charge on any atom is -0.494 e. The molecule has 1 aromatic carbocycles. The maximum absolute atomic E-state index is 13.3. The number of halogens is 1. The number of carbonyl (C=O) groups excluding carboxylic acids is 2. The van der Waals surface area contributed by atoms with Gasteiger partial charge in [-0.3, -0.25) is 23.9 Å². The molecule has 4 rings (SSSR count). The lowest BCUT2D eigenvalue weighted by Crippen LogP contribution is -2.35. The number of hydrogen-bond donors (Lipinski definition) is 1. The standard InChI is InChI=1S/C24H16FN3O4S3/c1-13-17(10-26)21(30)27(11-14-4-6-15(25)7-5-14)23(32)20(13)18(29)12-28-22(31)19(35-24(28)33)9-16-3-2-8-34-16/h2-9,32H,11-12H2,1H3/b19-9-. The topological polar surface area (TPSA) is 103 Å². The van der Waals surface area contributed by atoms with Crippen LogP contribution >= 0.6 is 35.3 Å². The van der Waals surface area contributed by atoms with E-state index >= 15 is 0 Å². The van der Waals surface area contributed by atoms with Crippen LogP contribution in [-0.2, 0) is 11.3 Å². The second-order valence-corrected chi connectivity index (χ2v) is 10.2. The van der Waals surface area contributed by atoms with E-state index < -0.39 is 35.5 Å². The number of ketones is 1. The molecule has 176 valence electrons. The predicted molar refractivity (Wildman–Crippen MR) is 136 cm³/mol. The average molecular weight is 526 g/mol. The zero-order valence-electron chi connectivity index (χ0n) is 18.1. The van der Waals surface area contributed by atoms with Gasteiger partial charge in [0.15, 0.2) is 5.78 Å². The lowest BCUT2D eigenvalue weighted by Gasteiger charge is -2.18. The third kappa shape index (κ3) is 4.81. The molecule has 0 spiro atoms. The molecule has 7 nitrogen and oxygen atoms in total. The fraction of sp³-hybridized carbons (Fsp3) is 0.125. The Balaban J connectivity index is 1.68. The molecule has 1 amide bonds. The summed E-state index contributed by atoms with van der Waals surface area (Å²) < 4.78 is 14.3. The van der Waals surface area contributed by atoms with E-state index in [0.717, 1.165) is 26.1 Å². The molecule has 2 aromatic heterocycles. The number of aromatic nitrogens is 1. The number of carbonyl (C=O) groups is 2. The van der Waals surface area contributed by atoms with Crippen LogP contribution in [0.2, 0.25) is 0 Å². The van der Waals surface area contributed by atoms with Gasteiger partial charge in [0.25, 0.3) is 11.5 Å². The van der Waals surface area contributed by atoms with Gasteiger partial charge in [0, 0.05) is 4.88 Å². The lowest BCUT2D eigenvalue weighted by molar-refractivity contribution is -0.121. The van der Waals surface area contributed by atoms with Crippen molar-refractivity contribution >= 4 is 57.4 Å². The first-order valence-corrected chi connectivity index (χ1v) is 12.2. The molecule has 1 aliphatic heterocycles. The third-order valence-corrected chi connectivity index (χ3v) is 7.52. The number of thioether (sulfide) groups is 1. The summed E-state index contributed by atoms with van der Waals surface area (Å²) in [6, 6.07) is 10.7. The van der Waals surface area contributed by atoms with Gasteiger partial charge in [-0.25, -0.2) is 4.39 Å². The third-order valence-electron chi connectivity index (χ3n) is 5.32. The van der Waals surface area contributed by atoms with Crippen molar-refractivity contribution in [2.75, 3.05) is 6.54 Å². The van der Waals surface area contributed by atoms with Crippen molar-refractivity contribution in [3.05, 3.63) is 90.0 Å². The van der Waals surface area contributed by atoms with Crippen LogP contribution in [0.25, 0.3) is 6.08 Å². The normalized spacial score (nSPS) is 14.5.